The summed E-state index contributed by atoms with van der Waals surface area (Å²) in [6.07, 6.45) is 1.64. The van der Waals surface area contributed by atoms with E-state index in [9.17, 15) is 13.2 Å². The van der Waals surface area contributed by atoms with E-state index >= 15 is 0 Å². The molecule has 0 aliphatic carbocycles. The molecule has 1 aromatic heterocycles. The van der Waals surface area contributed by atoms with E-state index < -0.39 is 10.0 Å². The van der Waals surface area contributed by atoms with Crippen LogP contribution in [-0.4, -0.2) is 36.8 Å². The summed E-state index contributed by atoms with van der Waals surface area (Å²) in [5.74, 6) is 0.520. The van der Waals surface area contributed by atoms with E-state index in [-0.39, 0.29) is 10.8 Å². The van der Waals surface area contributed by atoms with E-state index in [0.717, 1.165) is 34.2 Å². The van der Waals surface area contributed by atoms with Crippen LogP contribution in [0.5, 0.6) is 0 Å². The number of carbonyl (C=O) groups excluding carboxylic acids is 1. The van der Waals surface area contributed by atoms with Gasteiger partial charge >= 0.3 is 0 Å². The van der Waals surface area contributed by atoms with Gasteiger partial charge in [0.15, 0.2) is 4.34 Å². The molecule has 0 unspecified atom stereocenters. The first-order valence-corrected chi connectivity index (χ1v) is 12.7. The number of rotatable bonds is 6. The first-order valence-electron chi connectivity index (χ1n) is 9.47. The molecule has 1 amide bonds. The number of amides is 1. The lowest BCUT2D eigenvalue weighted by Crippen LogP contribution is -2.35. The van der Waals surface area contributed by atoms with Gasteiger partial charge < -0.3 is 0 Å². The number of aryl methyl sites for hydroxylation is 1. The minimum absolute atomic E-state index is 0.160. The van der Waals surface area contributed by atoms with Gasteiger partial charge in [-0.2, -0.15) is 0 Å². The molecular formula is C20H20N4O3S3. The first-order chi connectivity index (χ1) is 14.5. The molecular weight excluding hydrogens is 440 g/mol. The van der Waals surface area contributed by atoms with Crippen molar-refractivity contribution in [1.29, 1.82) is 0 Å². The number of aromatic nitrogens is 2. The number of thioether (sulfide) groups is 1. The number of nitrogens with zero attached hydrogens (tertiary/aromatic N) is 3. The van der Waals surface area contributed by atoms with Gasteiger partial charge in [0.2, 0.25) is 5.13 Å². The minimum Gasteiger partial charge on any atom is -0.296 e. The average Bonchev–Trinajstić information content (AvgIpc) is 3.20. The average molecular weight is 461 g/mol. The van der Waals surface area contributed by atoms with Gasteiger partial charge in [-0.3, -0.25) is 14.4 Å². The van der Waals surface area contributed by atoms with Crippen LogP contribution in [0.4, 0.5) is 10.8 Å². The Kier molecular flexibility index (Phi) is 6.07. The van der Waals surface area contributed by atoms with Crippen LogP contribution in [-0.2, 0) is 16.4 Å². The summed E-state index contributed by atoms with van der Waals surface area (Å²) in [5.41, 5.74) is 2.11. The second kappa shape index (κ2) is 8.75. The number of carbonyl (C=O) groups is 1. The summed E-state index contributed by atoms with van der Waals surface area (Å²) in [7, 11) is -3.70. The lowest BCUT2D eigenvalue weighted by Gasteiger charge is -2.30. The summed E-state index contributed by atoms with van der Waals surface area (Å²) >= 11 is 2.86. The smallest absolute Gasteiger partial charge is 0.264 e. The summed E-state index contributed by atoms with van der Waals surface area (Å²) in [6.45, 7) is 2.46. The van der Waals surface area contributed by atoms with Crippen molar-refractivity contribution in [2.75, 3.05) is 21.9 Å². The highest BCUT2D eigenvalue weighted by atomic mass is 32.2. The first kappa shape index (κ1) is 20.8. The summed E-state index contributed by atoms with van der Waals surface area (Å²) in [5, 5.41) is 11.1. The van der Waals surface area contributed by atoms with Crippen molar-refractivity contribution in [2.24, 2.45) is 0 Å². The van der Waals surface area contributed by atoms with Crippen molar-refractivity contribution in [2.45, 2.75) is 29.0 Å². The van der Waals surface area contributed by atoms with E-state index in [4.69, 9.17) is 0 Å². The molecule has 10 heteroatoms. The monoisotopic (exact) mass is 460 g/mol. The molecule has 1 aliphatic heterocycles. The second-order valence-corrected chi connectivity index (χ2v) is 10.9. The van der Waals surface area contributed by atoms with Crippen molar-refractivity contribution in [3.63, 3.8) is 0 Å². The molecule has 2 heterocycles. The normalized spacial score (nSPS) is 13.7. The molecule has 0 spiro atoms. The van der Waals surface area contributed by atoms with Gasteiger partial charge in [0.05, 0.1) is 10.6 Å². The minimum atomic E-state index is -3.70. The molecule has 3 aromatic rings. The Morgan fingerprint density at radius 1 is 1.17 bits per heavy atom. The molecule has 7 nitrogen and oxygen atoms in total. The number of anilines is 2. The Balaban J connectivity index is 1.52. The molecule has 0 bridgehead atoms. The topological polar surface area (TPSA) is 92.3 Å². The fourth-order valence-corrected chi connectivity index (χ4v) is 6.45. The zero-order valence-electron chi connectivity index (χ0n) is 16.2. The van der Waals surface area contributed by atoms with Crippen LogP contribution in [0.25, 0.3) is 0 Å². The third kappa shape index (κ3) is 4.21. The Hall–Kier alpha value is -2.43. The molecule has 2 aromatic carbocycles. The van der Waals surface area contributed by atoms with Crippen LogP contribution in [0, 0.1) is 0 Å². The van der Waals surface area contributed by atoms with Crippen LogP contribution in [0.2, 0.25) is 0 Å². The van der Waals surface area contributed by atoms with Crippen LogP contribution in [0.1, 0.15) is 29.3 Å². The van der Waals surface area contributed by atoms with Crippen LogP contribution >= 0.6 is 23.1 Å². The standard InChI is InChI=1S/C20H20N4O3S3/c1-2-28-20-23-22-19(29-20)21-18(25)15-9-11-16(12-10-15)30(26,27)24-13-5-7-14-6-3-4-8-17(14)24/h3-4,6,8-12H,2,5,7,13H2,1H3,(H,21,22,25). The number of sulfonamides is 1. The predicted molar refractivity (Wildman–Crippen MR) is 120 cm³/mol. The SMILES string of the molecule is CCSc1nnc(NC(=O)c2ccc(S(=O)(=O)N3CCCc4ccccc43)cc2)s1. The van der Waals surface area contributed by atoms with Crippen molar-refractivity contribution in [3.8, 4) is 0 Å². The predicted octanol–water partition coefficient (Wildman–Crippen LogP) is 4.04. The summed E-state index contributed by atoms with van der Waals surface area (Å²) in [6, 6.07) is 13.5. The van der Waals surface area contributed by atoms with Gasteiger partial charge in [-0.1, -0.05) is 48.2 Å². The van der Waals surface area contributed by atoms with Crippen LogP contribution < -0.4 is 9.62 Å². The largest absolute Gasteiger partial charge is 0.296 e. The van der Waals surface area contributed by atoms with Crippen molar-refractivity contribution >= 4 is 49.8 Å². The number of hydrogen-bond donors (Lipinski definition) is 1. The van der Waals surface area contributed by atoms with E-state index in [0.29, 0.717) is 17.2 Å². The Bertz CT molecular complexity index is 1160. The highest BCUT2D eigenvalue weighted by Crippen LogP contribution is 2.32. The molecule has 4 rings (SSSR count). The maximum absolute atomic E-state index is 13.2. The van der Waals surface area contributed by atoms with Crippen LogP contribution in [0.15, 0.2) is 57.8 Å². The molecule has 156 valence electrons. The lowest BCUT2D eigenvalue weighted by molar-refractivity contribution is 0.102. The van der Waals surface area contributed by atoms with Crippen molar-refractivity contribution in [1.82, 2.24) is 10.2 Å². The third-order valence-corrected chi connectivity index (χ3v) is 8.35. The Morgan fingerprint density at radius 3 is 2.70 bits per heavy atom. The number of para-hydroxylation sites is 1. The molecule has 0 fully saturated rings. The van der Waals surface area contributed by atoms with Gasteiger partial charge in [-0.05, 0) is 54.5 Å². The highest BCUT2D eigenvalue weighted by Gasteiger charge is 2.29. The number of benzene rings is 2. The van der Waals surface area contributed by atoms with Gasteiger partial charge in [-0.25, -0.2) is 8.42 Å². The maximum atomic E-state index is 13.2. The quantitative estimate of drug-likeness (QED) is 0.441. The van der Waals surface area contributed by atoms with Crippen molar-refractivity contribution in [3.05, 3.63) is 59.7 Å². The zero-order valence-corrected chi connectivity index (χ0v) is 18.7. The van der Waals surface area contributed by atoms with E-state index in [1.807, 2.05) is 31.2 Å². The maximum Gasteiger partial charge on any atom is 0.264 e. The summed E-state index contributed by atoms with van der Waals surface area (Å²) in [4.78, 5) is 12.6. The number of nitrogens with one attached hydrogen (secondary N) is 1. The third-order valence-electron chi connectivity index (χ3n) is 4.67. The molecule has 1 aliphatic rings. The number of hydrogen-bond acceptors (Lipinski definition) is 7. The van der Waals surface area contributed by atoms with Gasteiger partial charge in [0.1, 0.15) is 0 Å². The Labute approximate surface area is 183 Å². The van der Waals surface area contributed by atoms with Crippen LogP contribution in [0.3, 0.4) is 0 Å². The van der Waals surface area contributed by atoms with E-state index in [1.165, 1.54) is 39.9 Å². The highest BCUT2D eigenvalue weighted by molar-refractivity contribution is 8.01. The summed E-state index contributed by atoms with van der Waals surface area (Å²) < 4.78 is 28.6. The molecule has 0 saturated heterocycles. The molecule has 1 N–H and O–H groups in total. The van der Waals surface area contributed by atoms with Crippen molar-refractivity contribution < 1.29 is 13.2 Å². The fourth-order valence-electron chi connectivity index (χ4n) is 3.27. The fraction of sp³-hybridized carbons (Fsp3) is 0.250. The van der Waals surface area contributed by atoms with Gasteiger partial charge in [0.25, 0.3) is 15.9 Å². The molecule has 30 heavy (non-hydrogen) atoms. The zero-order chi connectivity index (χ0) is 21.1. The Morgan fingerprint density at radius 2 is 1.93 bits per heavy atom. The molecule has 0 saturated carbocycles. The molecule has 0 radical (unpaired) electrons. The lowest BCUT2D eigenvalue weighted by atomic mass is 10.0. The second-order valence-electron chi connectivity index (χ2n) is 6.59. The van der Waals surface area contributed by atoms with Gasteiger partial charge in [0, 0.05) is 12.1 Å². The van der Waals surface area contributed by atoms with Gasteiger partial charge in [-0.15, -0.1) is 10.2 Å². The number of fused-ring (bicyclic) bond motifs is 1. The van der Waals surface area contributed by atoms with E-state index in [2.05, 4.69) is 15.5 Å². The molecule has 0 atom stereocenters. The van der Waals surface area contributed by atoms with E-state index in [1.54, 1.807) is 11.8 Å².